The van der Waals surface area contributed by atoms with E-state index in [4.69, 9.17) is 14.6 Å². The maximum Gasteiger partial charge on any atom is 0.407 e. The zero-order valence-electron chi connectivity index (χ0n) is 24.1. The van der Waals surface area contributed by atoms with Gasteiger partial charge in [0.05, 0.1) is 53.3 Å². The number of fused-ring (bicyclic) bond motifs is 4. The minimum Gasteiger partial charge on any atom is -0.493 e. The van der Waals surface area contributed by atoms with Crippen LogP contribution < -0.4 is 15.6 Å². The molecule has 3 aromatic carbocycles. The lowest BCUT2D eigenvalue weighted by molar-refractivity contribution is 0.0523. The molecule has 10 heteroatoms. The van der Waals surface area contributed by atoms with Gasteiger partial charge >= 0.3 is 6.09 Å². The van der Waals surface area contributed by atoms with Crippen LogP contribution in [-0.2, 0) is 17.8 Å². The van der Waals surface area contributed by atoms with Crippen molar-refractivity contribution in [2.45, 2.75) is 45.9 Å². The van der Waals surface area contributed by atoms with Gasteiger partial charge in [-0.2, -0.15) is 15.5 Å². The molecule has 1 amide bonds. The molecule has 0 fully saturated rings. The molecule has 0 bridgehead atoms. The minimum atomic E-state index is -0.652. The Kier molecular flexibility index (Phi) is 7.16. The average molecular weight is 575 g/mol. The molecule has 1 aliphatic rings. The van der Waals surface area contributed by atoms with E-state index in [1.807, 2.05) is 59.3 Å². The monoisotopic (exact) mass is 574 g/mol. The molecule has 1 aliphatic heterocycles. The molecular formula is C33H30N6O4. The Morgan fingerprint density at radius 1 is 1.09 bits per heavy atom. The summed E-state index contributed by atoms with van der Waals surface area (Å²) < 4.78 is 13.5. The number of carbonyl (C=O) groups is 1. The van der Waals surface area contributed by atoms with Gasteiger partial charge in [0, 0.05) is 23.9 Å². The lowest BCUT2D eigenvalue weighted by atomic mass is 9.92. The van der Waals surface area contributed by atoms with Crippen LogP contribution in [0.15, 0.2) is 71.7 Å². The van der Waals surface area contributed by atoms with E-state index in [1.54, 1.807) is 33.0 Å². The highest BCUT2D eigenvalue weighted by molar-refractivity contribution is 5.93. The summed E-state index contributed by atoms with van der Waals surface area (Å²) >= 11 is 0. The predicted octanol–water partition coefficient (Wildman–Crippen LogP) is 5.80. The molecule has 0 radical (unpaired) electrons. The Bertz CT molecular complexity index is 1950. The van der Waals surface area contributed by atoms with Crippen molar-refractivity contribution < 1.29 is 14.3 Å². The summed E-state index contributed by atoms with van der Waals surface area (Å²) in [6.07, 6.45) is 1.93. The Balaban J connectivity index is 1.47. The van der Waals surface area contributed by atoms with Gasteiger partial charge in [0.25, 0.3) is 5.56 Å². The number of nitriles is 1. The lowest BCUT2D eigenvalue weighted by Gasteiger charge is -2.21. The van der Waals surface area contributed by atoms with Crippen molar-refractivity contribution in [2.24, 2.45) is 0 Å². The van der Waals surface area contributed by atoms with E-state index in [9.17, 15) is 14.9 Å². The van der Waals surface area contributed by atoms with E-state index in [2.05, 4.69) is 21.6 Å². The molecule has 0 spiro atoms. The normalized spacial score (nSPS) is 12.7. The molecule has 3 heterocycles. The molecule has 0 unspecified atom stereocenters. The molecule has 0 atom stereocenters. The molecule has 6 rings (SSSR count). The third-order valence-corrected chi connectivity index (χ3v) is 7.16. The highest BCUT2D eigenvalue weighted by Crippen LogP contribution is 2.43. The molecule has 0 saturated carbocycles. The number of hydrogen-bond acceptors (Lipinski definition) is 7. The van der Waals surface area contributed by atoms with E-state index in [1.165, 1.54) is 0 Å². The van der Waals surface area contributed by atoms with Crippen LogP contribution in [0.2, 0.25) is 0 Å². The number of amides is 1. The maximum atomic E-state index is 12.7. The van der Waals surface area contributed by atoms with E-state index in [0.717, 1.165) is 34.4 Å². The van der Waals surface area contributed by atoms with Crippen molar-refractivity contribution in [3.05, 3.63) is 88.5 Å². The van der Waals surface area contributed by atoms with E-state index >= 15 is 0 Å². The molecule has 5 aromatic rings. The standard InChI is InChI=1S/C33H30N6O4/c1-33(2,3)43-32(41)35-19-27-25-15-21(10-11-24(25)31(40)38-37-27)26-18-36-39-12-7-13-42-28-16-22(20-8-5-4-6-9-20)14-23(17-34)29(28)30(26)39/h4-6,8-11,14-16,18H,7,12-13,19H2,1-3H3,(H,35,41)(H,38,40). The van der Waals surface area contributed by atoms with Crippen LogP contribution in [0.5, 0.6) is 5.75 Å². The smallest absolute Gasteiger partial charge is 0.407 e. The molecule has 43 heavy (non-hydrogen) atoms. The fraction of sp³-hybridized carbons (Fsp3) is 0.242. The van der Waals surface area contributed by atoms with Crippen molar-refractivity contribution in [1.82, 2.24) is 25.3 Å². The molecule has 216 valence electrons. The lowest BCUT2D eigenvalue weighted by Crippen LogP contribution is -2.32. The topological polar surface area (TPSA) is 135 Å². The summed E-state index contributed by atoms with van der Waals surface area (Å²) in [6.45, 7) is 6.50. The molecule has 10 nitrogen and oxygen atoms in total. The van der Waals surface area contributed by atoms with Crippen LogP contribution in [0.3, 0.4) is 0 Å². The van der Waals surface area contributed by atoms with Gasteiger partial charge in [0.15, 0.2) is 0 Å². The second-order valence-corrected chi connectivity index (χ2v) is 11.3. The number of alkyl carbamates (subject to hydrolysis) is 1. The predicted molar refractivity (Wildman–Crippen MR) is 162 cm³/mol. The van der Waals surface area contributed by atoms with E-state index in [0.29, 0.717) is 46.5 Å². The first-order valence-electron chi connectivity index (χ1n) is 14.0. The van der Waals surface area contributed by atoms with Crippen LogP contribution in [0, 0.1) is 11.3 Å². The highest BCUT2D eigenvalue weighted by Gasteiger charge is 2.25. The van der Waals surface area contributed by atoms with Crippen LogP contribution in [0.4, 0.5) is 4.79 Å². The zero-order chi connectivity index (χ0) is 30.1. The minimum absolute atomic E-state index is 0.0509. The number of hydrogen-bond donors (Lipinski definition) is 2. The van der Waals surface area contributed by atoms with Gasteiger partial charge in [0.1, 0.15) is 11.4 Å². The maximum absolute atomic E-state index is 12.7. The first-order chi connectivity index (χ1) is 20.7. The number of aromatic nitrogens is 4. The fourth-order valence-electron chi connectivity index (χ4n) is 5.28. The number of nitrogens with one attached hydrogen (secondary N) is 2. The third kappa shape index (κ3) is 5.57. The number of H-pyrrole nitrogens is 1. The number of carbonyl (C=O) groups excluding carboxylic acids is 1. The van der Waals surface area contributed by atoms with Gasteiger partial charge in [-0.15, -0.1) is 0 Å². The number of rotatable bonds is 4. The summed E-state index contributed by atoms with van der Waals surface area (Å²) in [5.74, 6) is 0.613. The van der Waals surface area contributed by atoms with Gasteiger partial charge in [0.2, 0.25) is 0 Å². The van der Waals surface area contributed by atoms with Crippen LogP contribution in [-0.4, -0.2) is 38.3 Å². The average Bonchev–Trinajstić information content (AvgIpc) is 3.39. The molecule has 0 saturated heterocycles. The number of nitrogens with zero attached hydrogens (tertiary/aromatic N) is 4. The van der Waals surface area contributed by atoms with Gasteiger partial charge in [-0.3, -0.25) is 9.48 Å². The molecular weight excluding hydrogens is 544 g/mol. The summed E-state index contributed by atoms with van der Waals surface area (Å²) in [6, 6.07) is 21.6. The number of aryl methyl sites for hydroxylation is 1. The highest BCUT2D eigenvalue weighted by atomic mass is 16.6. The largest absolute Gasteiger partial charge is 0.493 e. The summed E-state index contributed by atoms with van der Waals surface area (Å²) in [7, 11) is 0. The Labute approximate surface area is 247 Å². The first kappa shape index (κ1) is 27.7. The molecule has 0 aliphatic carbocycles. The Hall–Kier alpha value is -5.43. The van der Waals surface area contributed by atoms with Gasteiger partial charge < -0.3 is 14.8 Å². The van der Waals surface area contributed by atoms with Crippen LogP contribution in [0.1, 0.15) is 38.4 Å². The SMILES string of the molecule is CC(C)(C)OC(=O)NCc1n[nH]c(=O)c2ccc(-c3cnn4c3-c3c(C#N)cc(-c5ccccc5)cc3OCCC4)cc12. The van der Waals surface area contributed by atoms with Crippen molar-refractivity contribution in [3.8, 4) is 45.3 Å². The Morgan fingerprint density at radius 3 is 2.67 bits per heavy atom. The second-order valence-electron chi connectivity index (χ2n) is 11.3. The van der Waals surface area contributed by atoms with Gasteiger partial charge in [-0.1, -0.05) is 36.4 Å². The van der Waals surface area contributed by atoms with Crippen LogP contribution in [0.25, 0.3) is 44.3 Å². The van der Waals surface area contributed by atoms with Crippen molar-refractivity contribution in [1.29, 1.82) is 5.26 Å². The Morgan fingerprint density at radius 2 is 1.91 bits per heavy atom. The second kappa shape index (κ2) is 11.1. The van der Waals surface area contributed by atoms with Crippen molar-refractivity contribution in [3.63, 3.8) is 0 Å². The summed E-state index contributed by atoms with van der Waals surface area (Å²) in [4.78, 5) is 25.0. The summed E-state index contributed by atoms with van der Waals surface area (Å²) in [5, 5.41) is 25.5. The number of benzene rings is 3. The van der Waals surface area contributed by atoms with Gasteiger partial charge in [-0.25, -0.2) is 9.89 Å². The fourth-order valence-corrected chi connectivity index (χ4v) is 5.28. The van der Waals surface area contributed by atoms with E-state index < -0.39 is 11.7 Å². The molecule has 2 aromatic heterocycles. The quantitative estimate of drug-likeness (QED) is 0.277. The molecule has 2 N–H and O–H groups in total. The van der Waals surface area contributed by atoms with Crippen LogP contribution >= 0.6 is 0 Å². The summed E-state index contributed by atoms with van der Waals surface area (Å²) in [5.41, 5.74) is 4.83. The van der Waals surface area contributed by atoms with Crippen molar-refractivity contribution >= 4 is 16.9 Å². The number of ether oxygens (including phenoxy) is 2. The van der Waals surface area contributed by atoms with Crippen molar-refractivity contribution in [2.75, 3.05) is 6.61 Å². The number of aromatic amines is 1. The third-order valence-electron chi connectivity index (χ3n) is 7.16. The first-order valence-corrected chi connectivity index (χ1v) is 14.0. The van der Waals surface area contributed by atoms with Gasteiger partial charge in [-0.05, 0) is 61.7 Å². The van der Waals surface area contributed by atoms with E-state index in [-0.39, 0.29) is 12.1 Å². The zero-order valence-corrected chi connectivity index (χ0v) is 24.1.